The quantitative estimate of drug-likeness (QED) is 0.684. The highest BCUT2D eigenvalue weighted by molar-refractivity contribution is 6.36. The van der Waals surface area contributed by atoms with E-state index in [0.29, 0.717) is 10.6 Å². The van der Waals surface area contributed by atoms with Crippen LogP contribution in [0.1, 0.15) is 5.56 Å². The number of aromatic nitrogens is 2. The van der Waals surface area contributed by atoms with Crippen LogP contribution in [0.4, 0.5) is 8.78 Å². The molecule has 0 aliphatic carbocycles. The first-order valence-electron chi connectivity index (χ1n) is 6.39. The molecule has 1 aromatic heterocycles. The van der Waals surface area contributed by atoms with E-state index < -0.39 is 28.8 Å². The van der Waals surface area contributed by atoms with Gasteiger partial charge < -0.3 is 4.42 Å². The van der Waals surface area contributed by atoms with Crippen molar-refractivity contribution in [3.63, 3.8) is 0 Å². The van der Waals surface area contributed by atoms with Gasteiger partial charge in [-0.15, -0.1) is 5.10 Å². The van der Waals surface area contributed by atoms with Gasteiger partial charge in [-0.2, -0.15) is 4.68 Å². The zero-order valence-electron chi connectivity index (χ0n) is 11.6. The first-order chi connectivity index (χ1) is 10.9. The van der Waals surface area contributed by atoms with Gasteiger partial charge in [0, 0.05) is 5.02 Å². The fraction of sp³-hybridized carbons (Fsp3) is 0.0667. The Morgan fingerprint density at radius 1 is 1.17 bits per heavy atom. The lowest BCUT2D eigenvalue weighted by Crippen LogP contribution is -2.15. The van der Waals surface area contributed by atoms with Crippen LogP contribution in [0.5, 0.6) is 0 Å². The van der Waals surface area contributed by atoms with E-state index in [1.807, 2.05) is 0 Å². The number of rotatable bonds is 2. The van der Waals surface area contributed by atoms with Gasteiger partial charge in [-0.3, -0.25) is 0 Å². The van der Waals surface area contributed by atoms with E-state index in [9.17, 15) is 13.6 Å². The second-order valence-electron chi connectivity index (χ2n) is 4.73. The molecule has 23 heavy (non-hydrogen) atoms. The summed E-state index contributed by atoms with van der Waals surface area (Å²) in [5, 5.41) is 4.39. The molecule has 0 amide bonds. The third-order valence-corrected chi connectivity index (χ3v) is 3.66. The minimum Gasteiger partial charge on any atom is -0.387 e. The minimum absolute atomic E-state index is 0.158. The Bertz CT molecular complexity index is 923. The number of benzene rings is 2. The predicted molar refractivity (Wildman–Crippen MR) is 82.2 cm³/mol. The molecule has 0 aliphatic rings. The fourth-order valence-electron chi connectivity index (χ4n) is 2.19. The van der Waals surface area contributed by atoms with Crippen LogP contribution >= 0.6 is 23.2 Å². The van der Waals surface area contributed by atoms with Crippen LogP contribution in [-0.4, -0.2) is 9.78 Å². The standard InChI is InChI=1S/C15H8Cl2F2N2O2/c1-7-5-8(16)6-9(17)13(7)21-15(22)23-14(20-21)12-10(18)3-2-4-11(12)19/h2-6H,1H3. The van der Waals surface area contributed by atoms with Gasteiger partial charge >= 0.3 is 5.76 Å². The van der Waals surface area contributed by atoms with Crippen LogP contribution in [0.2, 0.25) is 10.0 Å². The van der Waals surface area contributed by atoms with E-state index >= 15 is 0 Å². The summed E-state index contributed by atoms with van der Waals surface area (Å²) in [5.74, 6) is -3.18. The largest absolute Gasteiger partial charge is 0.442 e. The molecule has 8 heteroatoms. The number of hydrogen-bond donors (Lipinski definition) is 0. The zero-order valence-corrected chi connectivity index (χ0v) is 13.1. The summed E-state index contributed by atoms with van der Waals surface area (Å²) in [4.78, 5) is 12.0. The van der Waals surface area contributed by atoms with Crippen molar-refractivity contribution >= 4 is 23.2 Å². The molecule has 3 aromatic rings. The van der Waals surface area contributed by atoms with Crippen LogP contribution < -0.4 is 5.76 Å². The molecule has 3 rings (SSSR count). The summed E-state index contributed by atoms with van der Waals surface area (Å²) in [6.45, 7) is 1.66. The predicted octanol–water partition coefficient (Wildman–Crippen LogP) is 4.39. The molecular formula is C15H8Cl2F2N2O2. The van der Waals surface area contributed by atoms with Crippen molar-refractivity contribution in [2.45, 2.75) is 6.92 Å². The summed E-state index contributed by atoms with van der Waals surface area (Å²) in [6, 6.07) is 6.28. The van der Waals surface area contributed by atoms with Crippen LogP contribution in [0.3, 0.4) is 0 Å². The molecule has 0 saturated carbocycles. The SMILES string of the molecule is Cc1cc(Cl)cc(Cl)c1-n1nc(-c2c(F)cccc2F)oc1=O. The minimum atomic E-state index is -0.921. The number of hydrogen-bond acceptors (Lipinski definition) is 3. The van der Waals surface area contributed by atoms with Crippen LogP contribution in [0.15, 0.2) is 39.5 Å². The highest BCUT2D eigenvalue weighted by atomic mass is 35.5. The maximum atomic E-state index is 13.8. The molecule has 0 spiro atoms. The lowest BCUT2D eigenvalue weighted by atomic mass is 10.2. The molecule has 0 fully saturated rings. The van der Waals surface area contributed by atoms with E-state index in [0.717, 1.165) is 16.8 Å². The normalized spacial score (nSPS) is 11.0. The first-order valence-corrected chi connectivity index (χ1v) is 7.14. The molecule has 2 aromatic carbocycles. The summed E-state index contributed by atoms with van der Waals surface area (Å²) >= 11 is 12.0. The van der Waals surface area contributed by atoms with Gasteiger partial charge in [-0.25, -0.2) is 13.6 Å². The average molecular weight is 357 g/mol. The van der Waals surface area contributed by atoms with Crippen LogP contribution in [0, 0.1) is 18.6 Å². The van der Waals surface area contributed by atoms with Crippen molar-refractivity contribution in [1.29, 1.82) is 0 Å². The van der Waals surface area contributed by atoms with Crippen molar-refractivity contribution in [3.8, 4) is 17.1 Å². The smallest absolute Gasteiger partial charge is 0.387 e. The van der Waals surface area contributed by atoms with Gasteiger partial charge in [0.2, 0.25) is 0 Å². The molecule has 0 N–H and O–H groups in total. The van der Waals surface area contributed by atoms with E-state index in [4.69, 9.17) is 27.6 Å². The lowest BCUT2D eigenvalue weighted by molar-refractivity contribution is 0.503. The van der Waals surface area contributed by atoms with E-state index in [-0.39, 0.29) is 10.7 Å². The molecule has 0 aliphatic heterocycles. The summed E-state index contributed by atoms with van der Waals surface area (Å²) in [7, 11) is 0. The Balaban J connectivity index is 2.23. The number of halogens is 4. The highest BCUT2D eigenvalue weighted by Gasteiger charge is 2.21. The maximum absolute atomic E-state index is 13.8. The van der Waals surface area contributed by atoms with Crippen LogP contribution in [0.25, 0.3) is 17.1 Å². The molecule has 0 bridgehead atoms. The van der Waals surface area contributed by atoms with Crippen molar-refractivity contribution in [2.24, 2.45) is 0 Å². The van der Waals surface area contributed by atoms with E-state index in [1.165, 1.54) is 12.1 Å². The van der Waals surface area contributed by atoms with Gasteiger partial charge in [0.25, 0.3) is 5.89 Å². The van der Waals surface area contributed by atoms with Gasteiger partial charge in [0.05, 0.1) is 10.7 Å². The molecule has 0 unspecified atom stereocenters. The molecule has 0 radical (unpaired) electrons. The molecule has 1 heterocycles. The van der Waals surface area contributed by atoms with Gasteiger partial charge in [-0.1, -0.05) is 29.3 Å². The van der Waals surface area contributed by atoms with E-state index in [2.05, 4.69) is 5.10 Å². The van der Waals surface area contributed by atoms with Crippen molar-refractivity contribution < 1.29 is 13.2 Å². The Kier molecular flexibility index (Phi) is 3.95. The molecular weight excluding hydrogens is 349 g/mol. The monoisotopic (exact) mass is 356 g/mol. The Labute approximate surface area is 138 Å². The molecule has 0 saturated heterocycles. The summed E-state index contributed by atoms with van der Waals surface area (Å²) in [6.07, 6.45) is 0. The van der Waals surface area contributed by atoms with Crippen LogP contribution in [-0.2, 0) is 0 Å². The molecule has 0 atom stereocenters. The van der Waals surface area contributed by atoms with Gasteiger partial charge in [0.1, 0.15) is 17.2 Å². The second kappa shape index (κ2) is 5.79. The maximum Gasteiger partial charge on any atom is 0.442 e. The molecule has 4 nitrogen and oxygen atoms in total. The Morgan fingerprint density at radius 2 is 1.83 bits per heavy atom. The van der Waals surface area contributed by atoms with E-state index in [1.54, 1.807) is 13.0 Å². The Hall–Kier alpha value is -2.18. The zero-order chi connectivity index (χ0) is 16.7. The third-order valence-electron chi connectivity index (χ3n) is 3.15. The van der Waals surface area contributed by atoms with Gasteiger partial charge in [0.15, 0.2) is 0 Å². The average Bonchev–Trinajstić information content (AvgIpc) is 2.79. The van der Waals surface area contributed by atoms with Crippen molar-refractivity contribution in [2.75, 3.05) is 0 Å². The van der Waals surface area contributed by atoms with Crippen molar-refractivity contribution in [3.05, 3.63) is 68.1 Å². The van der Waals surface area contributed by atoms with Gasteiger partial charge in [-0.05, 0) is 36.8 Å². The number of aryl methyl sites for hydroxylation is 1. The molecule has 118 valence electrons. The summed E-state index contributed by atoms with van der Waals surface area (Å²) in [5.41, 5.74) is 0.261. The fourth-order valence-corrected chi connectivity index (χ4v) is 2.86. The lowest BCUT2D eigenvalue weighted by Gasteiger charge is -2.06. The summed E-state index contributed by atoms with van der Waals surface area (Å²) < 4.78 is 33.3. The topological polar surface area (TPSA) is 48.0 Å². The number of nitrogens with zero attached hydrogens (tertiary/aromatic N) is 2. The van der Waals surface area contributed by atoms with Crippen molar-refractivity contribution in [1.82, 2.24) is 9.78 Å². The highest BCUT2D eigenvalue weighted by Crippen LogP contribution is 2.29. The first kappa shape index (κ1) is 15.7. The third kappa shape index (κ3) is 2.75. The Morgan fingerprint density at radius 3 is 2.43 bits per heavy atom. The second-order valence-corrected chi connectivity index (χ2v) is 5.58.